The quantitative estimate of drug-likeness (QED) is 0.825. The van der Waals surface area contributed by atoms with Crippen LogP contribution in [0.3, 0.4) is 0 Å². The second kappa shape index (κ2) is 6.04. The highest BCUT2D eigenvalue weighted by Gasteiger charge is 2.54. The van der Waals surface area contributed by atoms with Gasteiger partial charge in [-0.05, 0) is 67.6 Å². The number of hydrogen-bond donors (Lipinski definition) is 1. The van der Waals surface area contributed by atoms with Crippen LogP contribution in [0.15, 0.2) is 28.5 Å². The number of phenols is 1. The Bertz CT molecular complexity index is 742. The number of benzene rings is 1. The second-order valence-corrected chi connectivity index (χ2v) is 7.79. The van der Waals surface area contributed by atoms with Gasteiger partial charge in [0.05, 0.1) is 11.4 Å². The third-order valence-corrected chi connectivity index (χ3v) is 6.76. The fraction of sp³-hybridized carbons (Fsp3) is 0.600. The van der Waals surface area contributed by atoms with Gasteiger partial charge in [-0.15, -0.1) is 0 Å². The van der Waals surface area contributed by atoms with Gasteiger partial charge in [-0.1, -0.05) is 23.3 Å². The topological polar surface area (TPSA) is 63.4 Å². The SMILES string of the molecule is CO/N=C1/CC2C(CC[C@]3(C)/C(=N/OC)CCC23)c2ccc(O)cc21. The number of phenolic OH excluding ortho intramolecular Hbond substituents is 1. The van der Waals surface area contributed by atoms with Gasteiger partial charge in [0, 0.05) is 11.0 Å². The van der Waals surface area contributed by atoms with Crippen molar-refractivity contribution in [2.24, 2.45) is 27.6 Å². The van der Waals surface area contributed by atoms with Crippen molar-refractivity contribution in [2.45, 2.75) is 44.9 Å². The van der Waals surface area contributed by atoms with Gasteiger partial charge < -0.3 is 14.8 Å². The molecule has 0 aromatic heterocycles. The first-order valence-electron chi connectivity index (χ1n) is 9.12. The van der Waals surface area contributed by atoms with Crippen LogP contribution in [-0.2, 0) is 9.68 Å². The molecule has 3 unspecified atom stereocenters. The van der Waals surface area contributed by atoms with Crippen LogP contribution in [0.2, 0.25) is 0 Å². The van der Waals surface area contributed by atoms with Crippen molar-refractivity contribution >= 4 is 11.4 Å². The van der Waals surface area contributed by atoms with Gasteiger partial charge in [0.25, 0.3) is 0 Å². The standard InChI is InChI=1S/C20H26N2O3/c1-20-9-8-14-13-5-4-12(23)10-16(13)18(21-24-2)11-15(14)17(20)6-7-19(20)22-25-3/h4-5,10,14-15,17,23H,6-9,11H2,1-3H3/b21-18-,22-19+/t14?,15?,17?,20-/m0/s1. The molecule has 2 saturated carbocycles. The zero-order chi connectivity index (χ0) is 17.6. The number of rotatable bonds is 2. The van der Waals surface area contributed by atoms with E-state index in [4.69, 9.17) is 9.68 Å². The van der Waals surface area contributed by atoms with Gasteiger partial charge in [-0.3, -0.25) is 0 Å². The Labute approximate surface area is 148 Å². The van der Waals surface area contributed by atoms with Crippen LogP contribution in [0.1, 0.15) is 56.1 Å². The van der Waals surface area contributed by atoms with Crippen molar-refractivity contribution in [1.29, 1.82) is 0 Å². The first-order valence-corrected chi connectivity index (χ1v) is 9.12. The molecule has 4 rings (SSSR count). The molecule has 134 valence electrons. The van der Waals surface area contributed by atoms with Crippen molar-refractivity contribution in [3.63, 3.8) is 0 Å². The fourth-order valence-electron chi connectivity index (χ4n) is 5.65. The minimum absolute atomic E-state index is 0.129. The molecule has 0 heterocycles. The lowest BCUT2D eigenvalue weighted by molar-refractivity contribution is 0.105. The molecule has 2 fully saturated rings. The first-order chi connectivity index (χ1) is 12.1. The van der Waals surface area contributed by atoms with Crippen molar-refractivity contribution in [2.75, 3.05) is 14.2 Å². The van der Waals surface area contributed by atoms with E-state index in [1.165, 1.54) is 11.3 Å². The summed E-state index contributed by atoms with van der Waals surface area (Å²) in [5, 5.41) is 18.6. The number of nitrogens with zero attached hydrogens (tertiary/aromatic N) is 2. The normalized spacial score (nSPS) is 36.7. The molecule has 5 heteroatoms. The van der Waals surface area contributed by atoms with Crippen molar-refractivity contribution in [1.82, 2.24) is 0 Å². The molecule has 25 heavy (non-hydrogen) atoms. The zero-order valence-electron chi connectivity index (χ0n) is 15.2. The van der Waals surface area contributed by atoms with Crippen LogP contribution in [0, 0.1) is 17.3 Å². The Kier molecular flexibility index (Phi) is 3.97. The highest BCUT2D eigenvalue weighted by Crippen LogP contribution is 2.60. The molecule has 5 nitrogen and oxygen atoms in total. The number of aromatic hydroxyl groups is 1. The molecule has 0 spiro atoms. The molecule has 0 radical (unpaired) electrons. The van der Waals surface area contributed by atoms with Crippen molar-refractivity contribution < 1.29 is 14.8 Å². The predicted molar refractivity (Wildman–Crippen MR) is 97.0 cm³/mol. The Balaban J connectivity index is 1.77. The first kappa shape index (κ1) is 16.4. The Hall–Kier alpha value is -2.04. The van der Waals surface area contributed by atoms with Gasteiger partial charge >= 0.3 is 0 Å². The molecule has 3 aliphatic carbocycles. The molecule has 0 bridgehead atoms. The van der Waals surface area contributed by atoms with Crippen LogP contribution in [0.5, 0.6) is 5.75 Å². The lowest BCUT2D eigenvalue weighted by Crippen LogP contribution is -2.43. The van der Waals surface area contributed by atoms with E-state index < -0.39 is 0 Å². The third kappa shape index (κ3) is 2.43. The summed E-state index contributed by atoms with van der Waals surface area (Å²) in [7, 11) is 3.23. The smallest absolute Gasteiger partial charge is 0.116 e. The molecule has 0 aliphatic heterocycles. The Morgan fingerprint density at radius 2 is 1.96 bits per heavy atom. The lowest BCUT2D eigenvalue weighted by Gasteiger charge is -2.48. The van der Waals surface area contributed by atoms with Crippen molar-refractivity contribution in [3.8, 4) is 5.75 Å². The molecular formula is C20H26N2O3. The minimum atomic E-state index is 0.129. The molecule has 1 aromatic rings. The van der Waals surface area contributed by atoms with Gasteiger partial charge in [0.15, 0.2) is 0 Å². The maximum Gasteiger partial charge on any atom is 0.116 e. The fourth-order valence-corrected chi connectivity index (χ4v) is 5.65. The maximum atomic E-state index is 9.93. The average Bonchev–Trinajstić information content (AvgIpc) is 2.93. The molecule has 0 saturated heterocycles. The summed E-state index contributed by atoms with van der Waals surface area (Å²) in [5.74, 6) is 1.93. The van der Waals surface area contributed by atoms with E-state index in [9.17, 15) is 5.11 Å². The molecular weight excluding hydrogens is 316 g/mol. The molecule has 1 aromatic carbocycles. The molecule has 3 aliphatic rings. The monoisotopic (exact) mass is 342 g/mol. The van der Waals surface area contributed by atoms with Crippen LogP contribution >= 0.6 is 0 Å². The summed E-state index contributed by atoms with van der Waals surface area (Å²) in [6.45, 7) is 2.36. The van der Waals surface area contributed by atoms with Gasteiger partial charge in [-0.2, -0.15) is 0 Å². The molecule has 0 amide bonds. The summed E-state index contributed by atoms with van der Waals surface area (Å²) in [6, 6.07) is 5.71. The van der Waals surface area contributed by atoms with Crippen LogP contribution in [0.4, 0.5) is 0 Å². The number of fused-ring (bicyclic) bond motifs is 5. The van der Waals surface area contributed by atoms with E-state index in [1.807, 2.05) is 6.07 Å². The zero-order valence-corrected chi connectivity index (χ0v) is 15.2. The summed E-state index contributed by atoms with van der Waals surface area (Å²) in [5.41, 5.74) is 4.67. The van der Waals surface area contributed by atoms with E-state index in [-0.39, 0.29) is 11.2 Å². The Morgan fingerprint density at radius 1 is 1.16 bits per heavy atom. The summed E-state index contributed by atoms with van der Waals surface area (Å²) in [4.78, 5) is 10.2. The minimum Gasteiger partial charge on any atom is -0.508 e. The van der Waals surface area contributed by atoms with E-state index in [0.717, 1.165) is 43.4 Å². The third-order valence-electron chi connectivity index (χ3n) is 6.76. The van der Waals surface area contributed by atoms with E-state index >= 15 is 0 Å². The number of hydrogen-bond acceptors (Lipinski definition) is 5. The van der Waals surface area contributed by atoms with Gasteiger partial charge in [0.1, 0.15) is 20.0 Å². The van der Waals surface area contributed by atoms with E-state index in [1.54, 1.807) is 20.3 Å². The van der Waals surface area contributed by atoms with Crippen LogP contribution < -0.4 is 0 Å². The summed E-state index contributed by atoms with van der Waals surface area (Å²) in [6.07, 6.45) is 5.36. The lowest BCUT2D eigenvalue weighted by atomic mass is 9.55. The van der Waals surface area contributed by atoms with E-state index in [2.05, 4.69) is 23.3 Å². The average molecular weight is 342 g/mol. The summed E-state index contributed by atoms with van der Waals surface area (Å²) >= 11 is 0. The number of oxime groups is 2. The summed E-state index contributed by atoms with van der Waals surface area (Å²) < 4.78 is 0. The van der Waals surface area contributed by atoms with Gasteiger partial charge in [-0.25, -0.2) is 0 Å². The van der Waals surface area contributed by atoms with Gasteiger partial charge in [0.2, 0.25) is 0 Å². The van der Waals surface area contributed by atoms with Crippen molar-refractivity contribution in [3.05, 3.63) is 29.3 Å². The molecule has 1 N–H and O–H groups in total. The maximum absolute atomic E-state index is 9.93. The Morgan fingerprint density at radius 3 is 2.72 bits per heavy atom. The van der Waals surface area contributed by atoms with E-state index in [0.29, 0.717) is 17.8 Å². The highest BCUT2D eigenvalue weighted by atomic mass is 16.6. The van der Waals surface area contributed by atoms with Crippen LogP contribution in [-0.4, -0.2) is 30.7 Å². The second-order valence-electron chi connectivity index (χ2n) is 7.79. The molecule has 4 atom stereocenters. The highest BCUT2D eigenvalue weighted by molar-refractivity contribution is 6.03. The van der Waals surface area contributed by atoms with Crippen LogP contribution in [0.25, 0.3) is 0 Å². The predicted octanol–water partition coefficient (Wildman–Crippen LogP) is 4.06. The largest absolute Gasteiger partial charge is 0.508 e.